The molecule has 0 aromatic carbocycles. The molecule has 0 bridgehead atoms. The first-order chi connectivity index (χ1) is 9.36. The molecule has 1 heterocycles. The summed E-state index contributed by atoms with van der Waals surface area (Å²) >= 11 is 1.98. The Hall–Kier alpha value is -0.180. The Labute approximate surface area is 122 Å². The van der Waals surface area contributed by atoms with Gasteiger partial charge in [-0.25, -0.2) is 0 Å². The predicted octanol–water partition coefficient (Wildman–Crippen LogP) is 4.21. The van der Waals surface area contributed by atoms with Crippen molar-refractivity contribution in [2.45, 2.75) is 64.2 Å². The van der Waals surface area contributed by atoms with E-state index in [0.29, 0.717) is 5.41 Å². The van der Waals surface area contributed by atoms with Gasteiger partial charge in [-0.05, 0) is 30.6 Å². The van der Waals surface area contributed by atoms with Crippen LogP contribution < -0.4 is 5.32 Å². The van der Waals surface area contributed by atoms with Crippen molar-refractivity contribution in [1.29, 1.82) is 0 Å². The quantitative estimate of drug-likeness (QED) is 0.837. The maximum absolute atomic E-state index is 4.82. The van der Waals surface area contributed by atoms with E-state index in [4.69, 9.17) is 4.99 Å². The van der Waals surface area contributed by atoms with Gasteiger partial charge in [0.2, 0.25) is 0 Å². The summed E-state index contributed by atoms with van der Waals surface area (Å²) in [5.41, 5.74) is 0.583. The van der Waals surface area contributed by atoms with E-state index >= 15 is 0 Å². The Kier molecular flexibility index (Phi) is 4.73. The van der Waals surface area contributed by atoms with Gasteiger partial charge in [-0.1, -0.05) is 56.7 Å². The topological polar surface area (TPSA) is 24.4 Å². The molecular weight excluding hydrogens is 252 g/mol. The van der Waals surface area contributed by atoms with Crippen LogP contribution in [0.25, 0.3) is 0 Å². The fourth-order valence-corrected chi connectivity index (χ4v) is 5.13. The smallest absolute Gasteiger partial charge is 0.156 e. The molecule has 3 aliphatic rings. The number of aliphatic imine (C=N–C) groups is 1. The molecule has 2 aliphatic carbocycles. The average molecular weight is 280 g/mol. The van der Waals surface area contributed by atoms with Crippen LogP contribution in [0, 0.1) is 11.3 Å². The van der Waals surface area contributed by atoms with Crippen LogP contribution in [-0.2, 0) is 0 Å². The van der Waals surface area contributed by atoms with Gasteiger partial charge in [-0.2, -0.15) is 0 Å². The SMILES string of the molecule is C1CCC(CCNC2=NCC3(CCCC3)CS2)CC1. The van der Waals surface area contributed by atoms with Gasteiger partial charge in [0.15, 0.2) is 5.17 Å². The van der Waals surface area contributed by atoms with E-state index in [0.717, 1.165) is 19.0 Å². The van der Waals surface area contributed by atoms with Crippen LogP contribution in [0.15, 0.2) is 4.99 Å². The van der Waals surface area contributed by atoms with Crippen LogP contribution in [-0.4, -0.2) is 24.0 Å². The molecule has 0 radical (unpaired) electrons. The molecule has 0 aromatic rings. The molecule has 108 valence electrons. The third kappa shape index (κ3) is 3.68. The maximum atomic E-state index is 4.82. The first kappa shape index (κ1) is 13.8. The lowest BCUT2D eigenvalue weighted by Gasteiger charge is -2.31. The molecule has 0 atom stereocenters. The Bertz CT molecular complexity index is 315. The Morgan fingerprint density at radius 2 is 1.89 bits per heavy atom. The van der Waals surface area contributed by atoms with Gasteiger partial charge < -0.3 is 5.32 Å². The van der Waals surface area contributed by atoms with Crippen LogP contribution in [0.5, 0.6) is 0 Å². The van der Waals surface area contributed by atoms with Gasteiger partial charge >= 0.3 is 0 Å². The predicted molar refractivity (Wildman–Crippen MR) is 84.9 cm³/mol. The van der Waals surface area contributed by atoms with Crippen molar-refractivity contribution < 1.29 is 0 Å². The van der Waals surface area contributed by atoms with Crippen molar-refractivity contribution in [3.63, 3.8) is 0 Å². The Morgan fingerprint density at radius 1 is 1.11 bits per heavy atom. The summed E-state index contributed by atoms with van der Waals surface area (Å²) in [7, 11) is 0. The largest absolute Gasteiger partial charge is 0.365 e. The first-order valence-electron chi connectivity index (χ1n) is 8.28. The number of amidine groups is 1. The number of rotatable bonds is 3. The number of nitrogens with zero attached hydrogens (tertiary/aromatic N) is 1. The molecule has 3 rings (SSSR count). The third-order valence-electron chi connectivity index (χ3n) is 5.29. The van der Waals surface area contributed by atoms with Gasteiger partial charge in [0.1, 0.15) is 0 Å². The summed E-state index contributed by atoms with van der Waals surface area (Å²) < 4.78 is 0. The number of hydrogen-bond acceptors (Lipinski definition) is 3. The van der Waals surface area contributed by atoms with Gasteiger partial charge in [0.05, 0.1) is 0 Å². The molecule has 2 fully saturated rings. The third-order valence-corrected chi connectivity index (χ3v) is 6.59. The maximum Gasteiger partial charge on any atom is 0.156 e. The molecule has 0 saturated heterocycles. The van der Waals surface area contributed by atoms with Gasteiger partial charge in [0.25, 0.3) is 0 Å². The monoisotopic (exact) mass is 280 g/mol. The first-order valence-corrected chi connectivity index (χ1v) is 9.26. The normalized spacial score (nSPS) is 27.5. The molecule has 0 amide bonds. The molecule has 1 aliphatic heterocycles. The van der Waals surface area contributed by atoms with E-state index in [2.05, 4.69) is 5.32 Å². The molecular formula is C16H28N2S. The molecule has 0 unspecified atom stereocenters. The lowest BCUT2D eigenvalue weighted by Crippen LogP contribution is -2.34. The molecule has 2 nitrogen and oxygen atoms in total. The minimum atomic E-state index is 0.583. The number of thioether (sulfide) groups is 1. The zero-order valence-corrected chi connectivity index (χ0v) is 12.9. The Morgan fingerprint density at radius 3 is 2.58 bits per heavy atom. The van der Waals surface area contributed by atoms with Crippen LogP contribution in [0.2, 0.25) is 0 Å². The second kappa shape index (κ2) is 6.51. The average Bonchev–Trinajstić information content (AvgIpc) is 2.91. The molecule has 19 heavy (non-hydrogen) atoms. The summed E-state index contributed by atoms with van der Waals surface area (Å²) in [4.78, 5) is 4.82. The van der Waals surface area contributed by atoms with Gasteiger partial charge in [-0.15, -0.1) is 0 Å². The van der Waals surface area contributed by atoms with E-state index in [1.165, 1.54) is 75.1 Å². The van der Waals surface area contributed by atoms with E-state index in [1.54, 1.807) is 0 Å². The van der Waals surface area contributed by atoms with Crippen LogP contribution in [0.3, 0.4) is 0 Å². The second-order valence-electron chi connectivity index (χ2n) is 6.84. The molecule has 1 spiro atoms. The highest BCUT2D eigenvalue weighted by atomic mass is 32.2. The molecule has 1 N–H and O–H groups in total. The van der Waals surface area contributed by atoms with E-state index < -0.39 is 0 Å². The highest BCUT2D eigenvalue weighted by Crippen LogP contribution is 2.43. The van der Waals surface area contributed by atoms with Crippen molar-refractivity contribution >= 4 is 16.9 Å². The minimum absolute atomic E-state index is 0.583. The molecule has 2 saturated carbocycles. The molecule has 3 heteroatoms. The van der Waals surface area contributed by atoms with Crippen molar-refractivity contribution in [2.24, 2.45) is 16.3 Å². The zero-order chi connectivity index (χ0) is 13.0. The number of nitrogens with one attached hydrogen (secondary N) is 1. The van der Waals surface area contributed by atoms with Crippen LogP contribution >= 0.6 is 11.8 Å². The van der Waals surface area contributed by atoms with Crippen molar-refractivity contribution in [2.75, 3.05) is 18.8 Å². The second-order valence-corrected chi connectivity index (χ2v) is 7.80. The number of hydrogen-bond donors (Lipinski definition) is 1. The lowest BCUT2D eigenvalue weighted by molar-refractivity contribution is 0.339. The zero-order valence-electron chi connectivity index (χ0n) is 12.1. The standard InChI is InChI=1S/C16H28N2S/c1-2-6-14(7-3-1)8-11-17-15-18-12-16(13-19-15)9-4-5-10-16/h14H,1-13H2,(H,17,18). The summed E-state index contributed by atoms with van der Waals surface area (Å²) in [5, 5.41) is 4.82. The van der Waals surface area contributed by atoms with E-state index in [-0.39, 0.29) is 0 Å². The van der Waals surface area contributed by atoms with E-state index in [9.17, 15) is 0 Å². The minimum Gasteiger partial charge on any atom is -0.365 e. The Balaban J connectivity index is 1.37. The highest BCUT2D eigenvalue weighted by Gasteiger charge is 2.36. The van der Waals surface area contributed by atoms with Gasteiger partial charge in [-0.3, -0.25) is 4.99 Å². The van der Waals surface area contributed by atoms with Crippen molar-refractivity contribution in [3.8, 4) is 0 Å². The highest BCUT2D eigenvalue weighted by molar-refractivity contribution is 8.13. The van der Waals surface area contributed by atoms with Crippen molar-refractivity contribution in [1.82, 2.24) is 5.32 Å². The van der Waals surface area contributed by atoms with Crippen molar-refractivity contribution in [3.05, 3.63) is 0 Å². The van der Waals surface area contributed by atoms with Crippen LogP contribution in [0.1, 0.15) is 64.2 Å². The fourth-order valence-electron chi connectivity index (χ4n) is 3.95. The summed E-state index contributed by atoms with van der Waals surface area (Å²) in [6.45, 7) is 2.23. The summed E-state index contributed by atoms with van der Waals surface area (Å²) in [6, 6.07) is 0. The lowest BCUT2D eigenvalue weighted by atomic mass is 9.87. The fraction of sp³-hybridized carbons (Fsp3) is 0.938. The van der Waals surface area contributed by atoms with Gasteiger partial charge in [0, 0.05) is 18.8 Å². The summed E-state index contributed by atoms with van der Waals surface area (Å²) in [5.74, 6) is 2.29. The van der Waals surface area contributed by atoms with E-state index in [1.807, 2.05) is 11.8 Å². The molecule has 0 aromatic heterocycles. The van der Waals surface area contributed by atoms with Crippen LogP contribution in [0.4, 0.5) is 0 Å². The summed E-state index contributed by atoms with van der Waals surface area (Å²) in [6.07, 6.45) is 14.4.